The third kappa shape index (κ3) is 4.03. The van der Waals surface area contributed by atoms with E-state index in [1.807, 2.05) is 44.2 Å². The quantitative estimate of drug-likeness (QED) is 0.706. The highest BCUT2D eigenvalue weighted by Gasteiger charge is 2.14. The van der Waals surface area contributed by atoms with Crippen molar-refractivity contribution in [1.29, 1.82) is 0 Å². The highest BCUT2D eigenvalue weighted by molar-refractivity contribution is 6.03. The molecule has 0 aliphatic carbocycles. The smallest absolute Gasteiger partial charge is 0.274 e. The van der Waals surface area contributed by atoms with Crippen LogP contribution >= 0.6 is 0 Å². The van der Waals surface area contributed by atoms with Crippen LogP contribution in [0.25, 0.3) is 0 Å². The van der Waals surface area contributed by atoms with Crippen molar-refractivity contribution in [2.45, 2.75) is 20.4 Å². The van der Waals surface area contributed by atoms with Crippen LogP contribution in [0.4, 0.5) is 11.6 Å². The standard InChI is InChI=1S/C21H20N4O3/c1-13-7-14(2)9-16(8-13)24-20(26)17-5-6-22-21(25-17)23-11-15-3-4-18-19(10-15)28-12-27-18/h3-10H,11-12H2,1-2H3,(H,24,26)(H,22,23,25). The number of amides is 1. The molecule has 1 amide bonds. The molecule has 7 nitrogen and oxygen atoms in total. The number of rotatable bonds is 5. The van der Waals surface area contributed by atoms with Gasteiger partial charge < -0.3 is 20.1 Å². The lowest BCUT2D eigenvalue weighted by atomic mass is 10.1. The molecule has 0 unspecified atom stereocenters. The zero-order valence-electron chi connectivity index (χ0n) is 15.7. The van der Waals surface area contributed by atoms with Crippen LogP contribution in [0.2, 0.25) is 0 Å². The van der Waals surface area contributed by atoms with Crippen molar-refractivity contribution in [1.82, 2.24) is 9.97 Å². The van der Waals surface area contributed by atoms with Crippen LogP contribution in [0.5, 0.6) is 11.5 Å². The first kappa shape index (κ1) is 17.8. The topological polar surface area (TPSA) is 85.4 Å². The van der Waals surface area contributed by atoms with E-state index in [0.717, 1.165) is 33.9 Å². The maximum atomic E-state index is 12.5. The lowest BCUT2D eigenvalue weighted by Gasteiger charge is -2.09. The van der Waals surface area contributed by atoms with Gasteiger partial charge in [0.25, 0.3) is 5.91 Å². The van der Waals surface area contributed by atoms with Gasteiger partial charge in [0.05, 0.1) is 0 Å². The van der Waals surface area contributed by atoms with Crippen molar-refractivity contribution in [3.63, 3.8) is 0 Å². The van der Waals surface area contributed by atoms with Crippen molar-refractivity contribution in [2.24, 2.45) is 0 Å². The molecule has 1 aromatic heterocycles. The Morgan fingerprint density at radius 1 is 1.04 bits per heavy atom. The Kier molecular flexibility index (Phi) is 4.80. The van der Waals surface area contributed by atoms with Crippen LogP contribution in [0.15, 0.2) is 48.7 Å². The molecule has 0 radical (unpaired) electrons. The number of ether oxygens (including phenoxy) is 2. The fraction of sp³-hybridized carbons (Fsp3) is 0.190. The van der Waals surface area contributed by atoms with Gasteiger partial charge in [-0.2, -0.15) is 0 Å². The number of aryl methyl sites for hydroxylation is 2. The molecule has 3 aromatic rings. The van der Waals surface area contributed by atoms with E-state index in [4.69, 9.17) is 9.47 Å². The third-order valence-electron chi connectivity index (χ3n) is 4.26. The molecular weight excluding hydrogens is 356 g/mol. The van der Waals surface area contributed by atoms with E-state index in [9.17, 15) is 4.79 Å². The number of nitrogens with zero attached hydrogens (tertiary/aromatic N) is 2. The summed E-state index contributed by atoms with van der Waals surface area (Å²) >= 11 is 0. The summed E-state index contributed by atoms with van der Waals surface area (Å²) < 4.78 is 10.7. The number of hydrogen-bond donors (Lipinski definition) is 2. The van der Waals surface area contributed by atoms with Gasteiger partial charge in [0.15, 0.2) is 11.5 Å². The van der Waals surface area contributed by atoms with Crippen LogP contribution in [-0.2, 0) is 6.54 Å². The first-order chi connectivity index (χ1) is 13.6. The molecule has 7 heteroatoms. The number of hydrogen-bond acceptors (Lipinski definition) is 6. The molecule has 0 saturated heterocycles. The minimum atomic E-state index is -0.279. The van der Waals surface area contributed by atoms with E-state index >= 15 is 0 Å². The molecule has 28 heavy (non-hydrogen) atoms. The minimum Gasteiger partial charge on any atom is -0.454 e. The zero-order valence-corrected chi connectivity index (χ0v) is 15.7. The van der Waals surface area contributed by atoms with Gasteiger partial charge in [-0.15, -0.1) is 0 Å². The molecule has 0 spiro atoms. The summed E-state index contributed by atoms with van der Waals surface area (Å²) in [7, 11) is 0. The van der Waals surface area contributed by atoms with E-state index in [1.54, 1.807) is 12.3 Å². The molecular formula is C21H20N4O3. The molecule has 1 aliphatic heterocycles. The Hall–Kier alpha value is -3.61. The Morgan fingerprint density at radius 2 is 1.82 bits per heavy atom. The lowest BCUT2D eigenvalue weighted by molar-refractivity contribution is 0.102. The minimum absolute atomic E-state index is 0.243. The molecule has 142 valence electrons. The van der Waals surface area contributed by atoms with E-state index in [1.165, 1.54) is 0 Å². The van der Waals surface area contributed by atoms with Gasteiger partial charge >= 0.3 is 0 Å². The highest BCUT2D eigenvalue weighted by atomic mass is 16.7. The number of anilines is 2. The predicted molar refractivity (Wildman–Crippen MR) is 106 cm³/mol. The maximum Gasteiger partial charge on any atom is 0.274 e. The molecule has 4 rings (SSSR count). The normalized spacial score (nSPS) is 11.9. The number of nitrogens with one attached hydrogen (secondary N) is 2. The van der Waals surface area contributed by atoms with Crippen LogP contribution in [-0.4, -0.2) is 22.7 Å². The van der Waals surface area contributed by atoms with Gasteiger partial charge in [-0.3, -0.25) is 4.79 Å². The summed E-state index contributed by atoms with van der Waals surface area (Å²) in [5.41, 5.74) is 4.21. The number of aromatic nitrogens is 2. The molecule has 2 heterocycles. The Labute approximate surface area is 162 Å². The Morgan fingerprint density at radius 3 is 2.64 bits per heavy atom. The lowest BCUT2D eigenvalue weighted by Crippen LogP contribution is -2.15. The van der Waals surface area contributed by atoms with Crippen molar-refractivity contribution in [2.75, 3.05) is 17.4 Å². The van der Waals surface area contributed by atoms with Crippen molar-refractivity contribution < 1.29 is 14.3 Å². The summed E-state index contributed by atoms with van der Waals surface area (Å²) in [5.74, 6) is 1.57. The number of benzene rings is 2. The van der Waals surface area contributed by atoms with Gasteiger partial charge in [-0.25, -0.2) is 9.97 Å². The van der Waals surface area contributed by atoms with Crippen LogP contribution in [0.3, 0.4) is 0 Å². The van der Waals surface area contributed by atoms with Crippen LogP contribution in [0.1, 0.15) is 27.2 Å². The first-order valence-electron chi connectivity index (χ1n) is 8.92. The van der Waals surface area contributed by atoms with Crippen molar-refractivity contribution in [3.05, 3.63) is 71.0 Å². The van der Waals surface area contributed by atoms with E-state index in [2.05, 4.69) is 26.7 Å². The van der Waals surface area contributed by atoms with Gasteiger partial charge in [0.2, 0.25) is 12.7 Å². The Balaban J connectivity index is 1.43. The second kappa shape index (κ2) is 7.56. The predicted octanol–water partition coefficient (Wildman–Crippen LogP) is 3.69. The molecule has 0 saturated carbocycles. The zero-order chi connectivity index (χ0) is 19.5. The summed E-state index contributed by atoms with van der Waals surface area (Å²) in [6, 6.07) is 13.2. The van der Waals surface area contributed by atoms with Gasteiger partial charge in [-0.1, -0.05) is 12.1 Å². The summed E-state index contributed by atoms with van der Waals surface area (Å²) in [6.45, 7) is 4.72. The molecule has 0 fully saturated rings. The third-order valence-corrected chi connectivity index (χ3v) is 4.26. The second-order valence-corrected chi connectivity index (χ2v) is 6.64. The monoisotopic (exact) mass is 376 g/mol. The number of carbonyl (C=O) groups excluding carboxylic acids is 1. The van der Waals surface area contributed by atoms with E-state index < -0.39 is 0 Å². The summed E-state index contributed by atoms with van der Waals surface area (Å²) in [4.78, 5) is 21.0. The van der Waals surface area contributed by atoms with E-state index in [-0.39, 0.29) is 12.7 Å². The van der Waals surface area contributed by atoms with Gasteiger partial charge in [0, 0.05) is 18.4 Å². The van der Waals surface area contributed by atoms with Crippen LogP contribution in [0, 0.1) is 13.8 Å². The fourth-order valence-electron chi connectivity index (χ4n) is 3.04. The van der Waals surface area contributed by atoms with Crippen LogP contribution < -0.4 is 20.1 Å². The molecule has 1 aliphatic rings. The molecule has 0 atom stereocenters. The van der Waals surface area contributed by atoms with Gasteiger partial charge in [0.1, 0.15) is 5.69 Å². The Bertz CT molecular complexity index is 1020. The average Bonchev–Trinajstić information content (AvgIpc) is 3.13. The van der Waals surface area contributed by atoms with Crippen molar-refractivity contribution >= 4 is 17.5 Å². The molecule has 0 bridgehead atoms. The highest BCUT2D eigenvalue weighted by Crippen LogP contribution is 2.32. The maximum absolute atomic E-state index is 12.5. The largest absolute Gasteiger partial charge is 0.454 e. The second-order valence-electron chi connectivity index (χ2n) is 6.64. The first-order valence-corrected chi connectivity index (χ1v) is 8.92. The summed E-state index contributed by atoms with van der Waals surface area (Å²) in [6.07, 6.45) is 1.56. The molecule has 2 aromatic carbocycles. The average molecular weight is 376 g/mol. The van der Waals surface area contributed by atoms with E-state index in [0.29, 0.717) is 18.2 Å². The SMILES string of the molecule is Cc1cc(C)cc(NC(=O)c2ccnc(NCc3ccc4c(c3)OCO4)n2)c1. The summed E-state index contributed by atoms with van der Waals surface area (Å²) in [5, 5.41) is 6.01. The van der Waals surface area contributed by atoms with Gasteiger partial charge in [-0.05, 0) is 60.9 Å². The van der Waals surface area contributed by atoms with Crippen molar-refractivity contribution in [3.8, 4) is 11.5 Å². The molecule has 2 N–H and O–H groups in total. The fourth-order valence-corrected chi connectivity index (χ4v) is 3.04. The number of carbonyl (C=O) groups is 1. The number of fused-ring (bicyclic) bond motifs is 1.